The van der Waals surface area contributed by atoms with Crippen LogP contribution in [0, 0.1) is 0 Å². The highest BCUT2D eigenvalue weighted by Crippen LogP contribution is 2.46. The largest absolute Gasteiger partial charge is 0.324 e. The maximum Gasteiger partial charge on any atom is 0.153 e. The minimum absolute atomic E-state index is 0.0971. The minimum Gasteiger partial charge on any atom is -0.324 e. The maximum absolute atomic E-state index is 14.7. The molecule has 148 valence electrons. The van der Waals surface area contributed by atoms with Crippen molar-refractivity contribution in [2.75, 3.05) is 4.72 Å². The Hall–Kier alpha value is -2.94. The van der Waals surface area contributed by atoms with Gasteiger partial charge in [-0.15, -0.1) is 0 Å². The van der Waals surface area contributed by atoms with E-state index in [2.05, 4.69) is 19.9 Å². The number of para-hydroxylation sites is 1. The van der Waals surface area contributed by atoms with Crippen molar-refractivity contribution in [1.82, 2.24) is 24.5 Å². The Labute approximate surface area is 170 Å². The number of anilines is 1. The Kier molecular flexibility index (Phi) is 4.27. The molecular formula is C20H18F2N6S. The van der Waals surface area contributed by atoms with Gasteiger partial charge in [-0.05, 0) is 35.7 Å². The Morgan fingerprint density at radius 1 is 1.21 bits per heavy atom. The summed E-state index contributed by atoms with van der Waals surface area (Å²) in [6.45, 7) is 0. The van der Waals surface area contributed by atoms with Gasteiger partial charge >= 0.3 is 0 Å². The van der Waals surface area contributed by atoms with Gasteiger partial charge in [0.15, 0.2) is 5.82 Å². The van der Waals surface area contributed by atoms with Crippen LogP contribution in [0.25, 0.3) is 16.7 Å². The van der Waals surface area contributed by atoms with Crippen molar-refractivity contribution in [2.24, 2.45) is 7.05 Å². The molecule has 0 aliphatic heterocycles. The zero-order valence-corrected chi connectivity index (χ0v) is 16.4. The number of aromatic nitrogens is 5. The number of rotatable bonds is 5. The molecule has 3 aromatic heterocycles. The predicted molar refractivity (Wildman–Crippen MR) is 108 cm³/mol. The summed E-state index contributed by atoms with van der Waals surface area (Å²) in [5.74, 6) is 0.502. The molecule has 4 aromatic rings. The van der Waals surface area contributed by atoms with Gasteiger partial charge in [0.05, 0.1) is 28.5 Å². The van der Waals surface area contributed by atoms with Crippen molar-refractivity contribution < 1.29 is 8.78 Å². The van der Waals surface area contributed by atoms with Crippen LogP contribution in [0.15, 0.2) is 60.0 Å². The summed E-state index contributed by atoms with van der Waals surface area (Å²) >= 11 is 1.42. The van der Waals surface area contributed by atoms with E-state index in [0.717, 1.165) is 21.5 Å². The van der Waals surface area contributed by atoms with Crippen LogP contribution in [0.1, 0.15) is 18.4 Å². The Balaban J connectivity index is 1.34. The summed E-state index contributed by atoms with van der Waals surface area (Å²) in [7, 11) is 1.90. The first-order valence-corrected chi connectivity index (χ1v) is 10.0. The summed E-state index contributed by atoms with van der Waals surface area (Å²) in [6, 6.07) is 9.21. The lowest BCUT2D eigenvalue weighted by Crippen LogP contribution is -2.38. The third-order valence-electron chi connectivity index (χ3n) is 5.19. The number of benzene rings is 1. The quantitative estimate of drug-likeness (QED) is 0.487. The van der Waals surface area contributed by atoms with E-state index >= 15 is 0 Å². The van der Waals surface area contributed by atoms with Crippen LogP contribution in [0.5, 0.6) is 0 Å². The van der Waals surface area contributed by atoms with E-state index < -0.39 is 11.8 Å². The number of aryl methyl sites for hydroxylation is 1. The molecule has 1 fully saturated rings. The highest BCUT2D eigenvalue weighted by atomic mass is 32.2. The van der Waals surface area contributed by atoms with Crippen LogP contribution in [0.3, 0.4) is 0 Å². The lowest BCUT2D eigenvalue weighted by Gasteiger charge is -2.37. The van der Waals surface area contributed by atoms with Gasteiger partial charge in [-0.1, -0.05) is 12.1 Å². The molecular weight excluding hydrogens is 394 g/mol. The molecule has 1 saturated carbocycles. The molecule has 5 rings (SSSR count). The first kappa shape index (κ1) is 18.1. The van der Waals surface area contributed by atoms with Crippen LogP contribution in [0.4, 0.5) is 14.5 Å². The third kappa shape index (κ3) is 3.25. The summed E-state index contributed by atoms with van der Waals surface area (Å²) in [5, 5.41) is 9.67. The summed E-state index contributed by atoms with van der Waals surface area (Å²) in [5.41, 5.74) is 0.805. The fourth-order valence-corrected chi connectivity index (χ4v) is 4.26. The zero-order valence-electron chi connectivity index (χ0n) is 15.6. The second-order valence-corrected chi connectivity index (χ2v) is 8.09. The molecule has 9 heteroatoms. The molecule has 0 spiro atoms. The molecule has 1 N–H and O–H groups in total. The molecule has 0 amide bonds. The number of hydrogen-bond donors (Lipinski definition) is 1. The van der Waals surface area contributed by atoms with Crippen molar-refractivity contribution in [3.8, 4) is 5.82 Å². The van der Waals surface area contributed by atoms with E-state index in [9.17, 15) is 8.78 Å². The lowest BCUT2D eigenvalue weighted by atomic mass is 9.75. The molecule has 6 nitrogen and oxygen atoms in total. The average Bonchev–Trinajstić information content (AvgIpc) is 3.33. The summed E-state index contributed by atoms with van der Waals surface area (Å²) in [6.07, 6.45) is 5.62. The van der Waals surface area contributed by atoms with E-state index in [4.69, 9.17) is 0 Å². The van der Waals surface area contributed by atoms with Crippen LogP contribution >= 0.6 is 11.9 Å². The van der Waals surface area contributed by atoms with Gasteiger partial charge in [0.2, 0.25) is 0 Å². The molecule has 29 heavy (non-hydrogen) atoms. The van der Waals surface area contributed by atoms with Crippen molar-refractivity contribution in [3.05, 3.63) is 60.7 Å². The second-order valence-electron chi connectivity index (χ2n) is 7.21. The molecule has 0 atom stereocenters. The monoisotopic (exact) mass is 412 g/mol. The molecule has 1 aromatic carbocycles. The van der Waals surface area contributed by atoms with Crippen LogP contribution in [-0.4, -0.2) is 30.7 Å². The molecule has 0 bridgehead atoms. The SMILES string of the molecule is Cn1ncc2cccc(NSc3cnn(-c4cc(C5(F)CC(F)C5)ccn4)c3)c21. The second kappa shape index (κ2) is 6.84. The van der Waals surface area contributed by atoms with Gasteiger partial charge in [0.1, 0.15) is 11.8 Å². The number of nitrogens with zero attached hydrogens (tertiary/aromatic N) is 5. The fourth-order valence-electron chi connectivity index (χ4n) is 3.61. The predicted octanol–water partition coefficient (Wildman–Crippen LogP) is 4.57. The van der Waals surface area contributed by atoms with Gasteiger partial charge < -0.3 is 4.72 Å². The smallest absolute Gasteiger partial charge is 0.153 e. The number of nitrogens with one attached hydrogen (secondary N) is 1. The molecule has 0 radical (unpaired) electrons. The van der Waals surface area contributed by atoms with Gasteiger partial charge in [0.25, 0.3) is 0 Å². The summed E-state index contributed by atoms with van der Waals surface area (Å²) < 4.78 is 34.6. The average molecular weight is 412 g/mol. The van der Waals surface area contributed by atoms with Crippen LogP contribution < -0.4 is 4.72 Å². The number of halogens is 2. The van der Waals surface area contributed by atoms with Crippen LogP contribution in [0.2, 0.25) is 0 Å². The van der Waals surface area contributed by atoms with E-state index in [1.807, 2.05) is 42.3 Å². The molecule has 3 heterocycles. The third-order valence-corrected chi connectivity index (χ3v) is 5.95. The van der Waals surface area contributed by atoms with Crippen molar-refractivity contribution in [1.29, 1.82) is 0 Å². The Morgan fingerprint density at radius 2 is 2.07 bits per heavy atom. The standard InChI is InChI=1S/C20H18F2N6S/c1-27-19-13(10-24-27)3-2-4-17(19)26-29-16-11-25-28(12-16)18-7-14(5-6-23-18)20(22)8-15(21)9-20/h2-7,10-12,15,26H,8-9H2,1H3. The number of hydrogen-bond acceptors (Lipinski definition) is 5. The zero-order chi connectivity index (χ0) is 20.0. The van der Waals surface area contributed by atoms with Gasteiger partial charge in [0, 0.05) is 37.7 Å². The normalized spacial score (nSPS) is 21.3. The summed E-state index contributed by atoms with van der Waals surface area (Å²) in [4.78, 5) is 5.15. The lowest BCUT2D eigenvalue weighted by molar-refractivity contribution is -0.0162. The molecule has 0 unspecified atom stereocenters. The Morgan fingerprint density at radius 3 is 2.90 bits per heavy atom. The number of alkyl halides is 2. The van der Waals surface area contributed by atoms with E-state index in [-0.39, 0.29) is 12.8 Å². The Bertz CT molecular complexity index is 1180. The van der Waals surface area contributed by atoms with Crippen LogP contribution in [-0.2, 0) is 12.7 Å². The van der Waals surface area contributed by atoms with E-state index in [1.165, 1.54) is 18.1 Å². The minimum atomic E-state index is -1.61. The first-order valence-electron chi connectivity index (χ1n) is 9.20. The van der Waals surface area contributed by atoms with Gasteiger partial charge in [-0.3, -0.25) is 4.68 Å². The van der Waals surface area contributed by atoms with Gasteiger partial charge in [-0.2, -0.15) is 10.2 Å². The molecule has 1 aliphatic rings. The first-order chi connectivity index (χ1) is 14.0. The van der Waals surface area contributed by atoms with Crippen molar-refractivity contribution >= 4 is 28.5 Å². The highest BCUT2D eigenvalue weighted by molar-refractivity contribution is 8.00. The molecule has 0 saturated heterocycles. The van der Waals surface area contributed by atoms with E-state index in [0.29, 0.717) is 11.4 Å². The fraction of sp³-hybridized carbons (Fsp3) is 0.250. The number of fused-ring (bicyclic) bond motifs is 1. The maximum atomic E-state index is 14.7. The van der Waals surface area contributed by atoms with E-state index in [1.54, 1.807) is 23.0 Å². The number of pyridine rings is 1. The van der Waals surface area contributed by atoms with Crippen molar-refractivity contribution in [2.45, 2.75) is 29.6 Å². The molecule has 1 aliphatic carbocycles. The highest BCUT2D eigenvalue weighted by Gasteiger charge is 2.46. The topological polar surface area (TPSA) is 60.6 Å². The van der Waals surface area contributed by atoms with Crippen molar-refractivity contribution in [3.63, 3.8) is 0 Å². The van der Waals surface area contributed by atoms with Gasteiger partial charge in [-0.25, -0.2) is 18.4 Å².